The second-order valence-electron chi connectivity index (χ2n) is 5.45. The Morgan fingerprint density at radius 2 is 1.92 bits per heavy atom. The van der Waals surface area contributed by atoms with Crippen LogP contribution in [0.1, 0.15) is 5.56 Å². The van der Waals surface area contributed by atoms with Crippen molar-refractivity contribution in [2.24, 2.45) is 5.73 Å². The third-order valence-electron chi connectivity index (χ3n) is 3.79. The minimum Gasteiger partial charge on any atom is -0.480 e. The van der Waals surface area contributed by atoms with Crippen LogP contribution in [0.15, 0.2) is 58.5 Å². The molecule has 0 aliphatic carbocycles. The maximum absolute atomic E-state index is 11.2. The molecular weight excluding hydrogens is 342 g/mol. The molecule has 4 N–H and O–H groups in total. The van der Waals surface area contributed by atoms with Gasteiger partial charge in [0, 0.05) is 23.4 Å². The van der Waals surface area contributed by atoms with Crippen molar-refractivity contribution in [1.29, 1.82) is 0 Å². The fourth-order valence-corrected chi connectivity index (χ4v) is 3.67. The summed E-state index contributed by atoms with van der Waals surface area (Å²) in [5, 5.41) is 21.9. The van der Waals surface area contributed by atoms with E-state index in [1.54, 1.807) is 18.2 Å². The van der Waals surface area contributed by atoms with Crippen LogP contribution < -0.4 is 5.73 Å². The molecule has 0 saturated carbocycles. The van der Waals surface area contributed by atoms with Crippen LogP contribution in [0.3, 0.4) is 0 Å². The van der Waals surface area contributed by atoms with Gasteiger partial charge in [-0.25, -0.2) is 0 Å². The van der Waals surface area contributed by atoms with Gasteiger partial charge < -0.3 is 15.8 Å². The van der Waals surface area contributed by atoms with Crippen LogP contribution in [0, 0.1) is 10.1 Å². The van der Waals surface area contributed by atoms with Gasteiger partial charge in [-0.1, -0.05) is 42.1 Å². The van der Waals surface area contributed by atoms with E-state index in [4.69, 9.17) is 10.8 Å². The zero-order valence-corrected chi connectivity index (χ0v) is 13.8. The summed E-state index contributed by atoms with van der Waals surface area (Å²) in [5.74, 6) is -1.09. The molecule has 0 fully saturated rings. The average molecular weight is 357 g/mol. The number of aromatic nitrogens is 1. The molecule has 3 rings (SSSR count). The summed E-state index contributed by atoms with van der Waals surface area (Å²) in [4.78, 5) is 25.6. The summed E-state index contributed by atoms with van der Waals surface area (Å²) in [7, 11) is 0. The quantitative estimate of drug-likeness (QED) is 0.460. The highest BCUT2D eigenvalue weighted by atomic mass is 32.2. The number of carboxylic acids is 1. The van der Waals surface area contributed by atoms with Crippen molar-refractivity contribution in [3.8, 4) is 0 Å². The van der Waals surface area contributed by atoms with Gasteiger partial charge in [0.15, 0.2) is 0 Å². The van der Waals surface area contributed by atoms with Crippen LogP contribution in [-0.2, 0) is 11.2 Å². The molecular formula is C17H15N3O4S. The molecule has 8 heteroatoms. The number of carbonyl (C=O) groups is 1. The zero-order chi connectivity index (χ0) is 18.0. The van der Waals surface area contributed by atoms with Gasteiger partial charge in [0.1, 0.15) is 6.04 Å². The second kappa shape index (κ2) is 6.96. The van der Waals surface area contributed by atoms with E-state index < -0.39 is 16.9 Å². The van der Waals surface area contributed by atoms with Gasteiger partial charge in [-0.15, -0.1) is 0 Å². The normalized spacial score (nSPS) is 12.2. The predicted octanol–water partition coefficient (Wildman–Crippen LogP) is 3.18. The number of benzene rings is 2. The summed E-state index contributed by atoms with van der Waals surface area (Å²) in [6.07, 6.45) is 0.127. The number of nitrogens with two attached hydrogens (primary N) is 1. The van der Waals surface area contributed by atoms with Crippen molar-refractivity contribution in [3.05, 3.63) is 64.2 Å². The fraction of sp³-hybridized carbons (Fsp3) is 0.118. The van der Waals surface area contributed by atoms with Crippen molar-refractivity contribution in [2.75, 3.05) is 0 Å². The Morgan fingerprint density at radius 1 is 1.24 bits per heavy atom. The molecule has 0 saturated heterocycles. The van der Waals surface area contributed by atoms with Gasteiger partial charge in [-0.05, 0) is 17.7 Å². The first kappa shape index (κ1) is 17.0. The molecule has 0 radical (unpaired) electrons. The molecule has 1 unspecified atom stereocenters. The van der Waals surface area contributed by atoms with E-state index in [-0.39, 0.29) is 12.1 Å². The first-order valence-corrected chi connectivity index (χ1v) is 8.28. The molecule has 7 nitrogen and oxygen atoms in total. The number of carboxylic acid groups (broad SMARTS) is 1. The smallest absolute Gasteiger partial charge is 0.320 e. The number of hydrogen-bond donors (Lipinski definition) is 3. The van der Waals surface area contributed by atoms with Crippen molar-refractivity contribution in [1.82, 2.24) is 4.98 Å². The molecule has 1 aromatic heterocycles. The molecule has 1 heterocycles. The minimum atomic E-state index is -1.09. The summed E-state index contributed by atoms with van der Waals surface area (Å²) in [6, 6.07) is 12.8. The summed E-state index contributed by atoms with van der Waals surface area (Å²) >= 11 is 1.20. The number of rotatable bonds is 6. The maximum atomic E-state index is 11.2. The Morgan fingerprint density at radius 3 is 2.64 bits per heavy atom. The number of fused-ring (bicyclic) bond motifs is 1. The standard InChI is InChI=1S/C17H15N3O4S/c18-12(17(21)22)9-11-10-5-1-2-6-13(10)19-16(11)25-15-8-4-3-7-14(15)20(23)24/h1-8,12,19H,9,18H2,(H,21,22). The van der Waals surface area contributed by atoms with Gasteiger partial charge in [0.25, 0.3) is 5.69 Å². The van der Waals surface area contributed by atoms with Gasteiger partial charge in [0.05, 0.1) is 14.8 Å². The highest BCUT2D eigenvalue weighted by Crippen LogP contribution is 2.38. The molecule has 2 aromatic carbocycles. The fourth-order valence-electron chi connectivity index (χ4n) is 2.58. The van der Waals surface area contributed by atoms with Crippen molar-refractivity contribution >= 4 is 34.3 Å². The number of nitro groups is 1. The number of H-pyrrole nitrogens is 1. The Labute approximate surface area is 147 Å². The second-order valence-corrected chi connectivity index (χ2v) is 6.51. The van der Waals surface area contributed by atoms with Gasteiger partial charge >= 0.3 is 5.97 Å². The molecule has 1 atom stereocenters. The van der Waals surface area contributed by atoms with E-state index in [2.05, 4.69) is 4.98 Å². The Bertz CT molecular complexity index is 954. The summed E-state index contributed by atoms with van der Waals surface area (Å²) in [5.41, 5.74) is 7.28. The third-order valence-corrected chi connectivity index (χ3v) is 4.91. The largest absolute Gasteiger partial charge is 0.480 e. The lowest BCUT2D eigenvalue weighted by molar-refractivity contribution is -0.387. The lowest BCUT2D eigenvalue weighted by Gasteiger charge is -2.08. The molecule has 25 heavy (non-hydrogen) atoms. The monoisotopic (exact) mass is 357 g/mol. The van der Waals surface area contributed by atoms with E-state index in [9.17, 15) is 14.9 Å². The lowest BCUT2D eigenvalue weighted by atomic mass is 10.1. The predicted molar refractivity (Wildman–Crippen MR) is 94.8 cm³/mol. The molecule has 0 amide bonds. The first-order chi connectivity index (χ1) is 12.0. The van der Waals surface area contributed by atoms with Crippen LogP contribution in [0.2, 0.25) is 0 Å². The maximum Gasteiger partial charge on any atom is 0.320 e. The Kier molecular flexibility index (Phi) is 4.73. The van der Waals surface area contributed by atoms with Crippen molar-refractivity contribution < 1.29 is 14.8 Å². The van der Waals surface area contributed by atoms with E-state index in [1.807, 2.05) is 24.3 Å². The van der Waals surface area contributed by atoms with Crippen LogP contribution in [0.5, 0.6) is 0 Å². The van der Waals surface area contributed by atoms with E-state index >= 15 is 0 Å². The van der Waals surface area contributed by atoms with E-state index in [0.717, 1.165) is 16.5 Å². The van der Waals surface area contributed by atoms with Gasteiger partial charge in [-0.2, -0.15) is 0 Å². The topological polar surface area (TPSA) is 122 Å². The number of aliphatic carboxylic acids is 1. The third kappa shape index (κ3) is 3.49. The SMILES string of the molecule is NC(Cc1c(Sc2ccccc2[N+](=O)[O-])[nH]c2ccccc12)C(=O)O. The number of hydrogen-bond acceptors (Lipinski definition) is 5. The minimum absolute atomic E-state index is 0.000334. The highest BCUT2D eigenvalue weighted by molar-refractivity contribution is 7.99. The number of nitrogens with zero attached hydrogens (tertiary/aromatic N) is 1. The van der Waals surface area contributed by atoms with Crippen LogP contribution in [0.4, 0.5) is 5.69 Å². The number of nitro benzene ring substituents is 1. The van der Waals surface area contributed by atoms with Crippen LogP contribution in [0.25, 0.3) is 10.9 Å². The number of para-hydroxylation sites is 2. The molecule has 0 spiro atoms. The Balaban J connectivity index is 2.07. The highest BCUT2D eigenvalue weighted by Gasteiger charge is 2.21. The molecule has 3 aromatic rings. The molecule has 128 valence electrons. The molecule has 0 aliphatic heterocycles. The lowest BCUT2D eigenvalue weighted by Crippen LogP contribution is -2.32. The zero-order valence-electron chi connectivity index (χ0n) is 13.0. The van der Waals surface area contributed by atoms with E-state index in [1.165, 1.54) is 17.8 Å². The number of aromatic amines is 1. The van der Waals surface area contributed by atoms with Crippen molar-refractivity contribution in [3.63, 3.8) is 0 Å². The first-order valence-electron chi connectivity index (χ1n) is 7.46. The van der Waals surface area contributed by atoms with Gasteiger partial charge in [0.2, 0.25) is 0 Å². The molecule has 0 aliphatic rings. The number of nitrogens with one attached hydrogen (secondary N) is 1. The summed E-state index contributed by atoms with van der Waals surface area (Å²) < 4.78 is 0. The Hall–Kier alpha value is -2.84. The van der Waals surface area contributed by atoms with Gasteiger partial charge in [-0.3, -0.25) is 14.9 Å². The summed E-state index contributed by atoms with van der Waals surface area (Å²) in [6.45, 7) is 0. The van der Waals surface area contributed by atoms with Crippen LogP contribution >= 0.6 is 11.8 Å². The van der Waals surface area contributed by atoms with Crippen LogP contribution in [-0.4, -0.2) is 27.0 Å². The molecule has 0 bridgehead atoms. The average Bonchev–Trinajstić information content (AvgIpc) is 2.92. The van der Waals surface area contributed by atoms with E-state index in [0.29, 0.717) is 9.92 Å². The van der Waals surface area contributed by atoms with Crippen molar-refractivity contribution in [2.45, 2.75) is 22.4 Å².